The van der Waals surface area contributed by atoms with Gasteiger partial charge < -0.3 is 15.0 Å². The number of quaternary nitrogens is 1. The normalized spacial score (nSPS) is 21.7. The first-order chi connectivity index (χ1) is 12.2. The Kier molecular flexibility index (Phi) is 7.16. The summed E-state index contributed by atoms with van der Waals surface area (Å²) in [5.74, 6) is -0.184. The summed E-state index contributed by atoms with van der Waals surface area (Å²) in [6, 6.07) is 6.12. The van der Waals surface area contributed by atoms with Gasteiger partial charge in [0.2, 0.25) is 10.0 Å². The molecule has 0 aromatic heterocycles. The van der Waals surface area contributed by atoms with E-state index in [4.69, 9.17) is 4.74 Å². The van der Waals surface area contributed by atoms with Crippen molar-refractivity contribution in [3.05, 3.63) is 29.8 Å². The van der Waals surface area contributed by atoms with Crippen LogP contribution in [0.3, 0.4) is 0 Å². The minimum Gasteiger partial charge on any atom is -0.373 e. The van der Waals surface area contributed by atoms with Crippen LogP contribution in [0, 0.1) is 0 Å². The molecule has 1 aliphatic heterocycles. The Labute approximate surface area is 156 Å². The molecule has 0 bridgehead atoms. The molecule has 2 atom stereocenters. The molecule has 1 amide bonds. The lowest BCUT2D eigenvalue weighted by molar-refractivity contribution is -0.858. The SMILES string of the molecule is C[C@H]1CN(S(=O)(=O)c2ccc(C(=O)NCCC[NH+](C)C)cc2)C[C@H](C)O1. The van der Waals surface area contributed by atoms with Crippen LogP contribution in [0.15, 0.2) is 29.2 Å². The Balaban J connectivity index is 2.00. The van der Waals surface area contributed by atoms with Crippen LogP contribution >= 0.6 is 0 Å². The summed E-state index contributed by atoms with van der Waals surface area (Å²) in [5, 5.41) is 2.86. The molecule has 8 heteroatoms. The number of ether oxygens (including phenoxy) is 1. The fraction of sp³-hybridized carbons (Fsp3) is 0.611. The van der Waals surface area contributed by atoms with E-state index in [1.165, 1.54) is 21.3 Å². The molecule has 0 aliphatic carbocycles. The molecular weight excluding hydrogens is 354 g/mol. The molecule has 1 fully saturated rings. The van der Waals surface area contributed by atoms with Crippen LogP contribution in [0.4, 0.5) is 0 Å². The van der Waals surface area contributed by atoms with E-state index in [0.29, 0.717) is 25.2 Å². The second-order valence-corrected chi connectivity index (χ2v) is 9.11. The van der Waals surface area contributed by atoms with Gasteiger partial charge in [-0.1, -0.05) is 0 Å². The van der Waals surface area contributed by atoms with Crippen LogP contribution in [0.5, 0.6) is 0 Å². The van der Waals surface area contributed by atoms with E-state index >= 15 is 0 Å². The first-order valence-electron chi connectivity index (χ1n) is 9.03. The first kappa shape index (κ1) is 20.8. The van der Waals surface area contributed by atoms with Crippen LogP contribution in [0.1, 0.15) is 30.6 Å². The zero-order chi connectivity index (χ0) is 19.3. The van der Waals surface area contributed by atoms with E-state index < -0.39 is 10.0 Å². The number of benzene rings is 1. The maximum Gasteiger partial charge on any atom is 0.251 e. The van der Waals surface area contributed by atoms with Gasteiger partial charge in [0.25, 0.3) is 5.91 Å². The maximum absolute atomic E-state index is 12.8. The Hall–Kier alpha value is -1.48. The number of rotatable bonds is 7. The highest BCUT2D eigenvalue weighted by Gasteiger charge is 2.32. The van der Waals surface area contributed by atoms with Crippen molar-refractivity contribution < 1.29 is 22.8 Å². The van der Waals surface area contributed by atoms with Gasteiger partial charge in [0.15, 0.2) is 0 Å². The number of morpholine rings is 1. The van der Waals surface area contributed by atoms with Crippen molar-refractivity contribution in [1.82, 2.24) is 9.62 Å². The van der Waals surface area contributed by atoms with Gasteiger partial charge in [0.05, 0.1) is 37.7 Å². The average Bonchev–Trinajstić information content (AvgIpc) is 2.57. The summed E-state index contributed by atoms with van der Waals surface area (Å²) in [6.45, 7) is 5.99. The fourth-order valence-electron chi connectivity index (χ4n) is 3.00. The first-order valence-corrected chi connectivity index (χ1v) is 10.5. The summed E-state index contributed by atoms with van der Waals surface area (Å²) in [5.41, 5.74) is 0.463. The van der Waals surface area contributed by atoms with Crippen LogP contribution in [-0.4, -0.2) is 71.1 Å². The minimum absolute atomic E-state index is 0.137. The second kappa shape index (κ2) is 8.94. The molecule has 0 spiro atoms. The molecule has 0 unspecified atom stereocenters. The van der Waals surface area contributed by atoms with Gasteiger partial charge in [-0.25, -0.2) is 8.42 Å². The zero-order valence-corrected chi connectivity index (χ0v) is 16.8. The van der Waals surface area contributed by atoms with Crippen molar-refractivity contribution >= 4 is 15.9 Å². The lowest BCUT2D eigenvalue weighted by Crippen LogP contribution is -3.05. The van der Waals surface area contributed by atoms with Crippen molar-refractivity contribution in [2.75, 3.05) is 40.3 Å². The van der Waals surface area contributed by atoms with Gasteiger partial charge in [0, 0.05) is 31.6 Å². The number of carbonyl (C=O) groups excluding carboxylic acids is 1. The number of carbonyl (C=O) groups is 1. The predicted octanol–water partition coefficient (Wildman–Crippen LogP) is -0.251. The Morgan fingerprint density at radius 2 is 1.77 bits per heavy atom. The lowest BCUT2D eigenvalue weighted by atomic mass is 10.2. The van der Waals surface area contributed by atoms with Crippen LogP contribution < -0.4 is 10.2 Å². The number of nitrogens with one attached hydrogen (secondary N) is 2. The summed E-state index contributed by atoms with van der Waals surface area (Å²) in [6.07, 6.45) is 0.624. The smallest absolute Gasteiger partial charge is 0.251 e. The van der Waals surface area contributed by atoms with Crippen LogP contribution in [-0.2, 0) is 14.8 Å². The molecule has 0 radical (unpaired) electrons. The van der Waals surface area contributed by atoms with Gasteiger partial charge >= 0.3 is 0 Å². The number of nitrogens with zero attached hydrogens (tertiary/aromatic N) is 1. The van der Waals surface area contributed by atoms with Gasteiger partial charge in [-0.2, -0.15) is 4.31 Å². The minimum atomic E-state index is -3.58. The van der Waals surface area contributed by atoms with Crippen LogP contribution in [0.2, 0.25) is 0 Å². The van der Waals surface area contributed by atoms with Crippen molar-refractivity contribution in [2.45, 2.75) is 37.4 Å². The fourth-order valence-corrected chi connectivity index (χ4v) is 4.59. The zero-order valence-electron chi connectivity index (χ0n) is 16.0. The van der Waals surface area contributed by atoms with Crippen molar-refractivity contribution in [1.29, 1.82) is 0 Å². The van der Waals surface area contributed by atoms with E-state index in [2.05, 4.69) is 19.4 Å². The molecule has 1 aliphatic rings. The quantitative estimate of drug-likeness (QED) is 0.636. The highest BCUT2D eigenvalue weighted by molar-refractivity contribution is 7.89. The third-order valence-electron chi connectivity index (χ3n) is 4.28. The highest BCUT2D eigenvalue weighted by atomic mass is 32.2. The monoisotopic (exact) mass is 384 g/mol. The molecule has 2 rings (SSSR count). The largest absolute Gasteiger partial charge is 0.373 e. The molecule has 2 N–H and O–H groups in total. The summed E-state index contributed by atoms with van der Waals surface area (Å²) < 4.78 is 32.7. The molecule has 7 nitrogen and oxygen atoms in total. The topological polar surface area (TPSA) is 80.2 Å². The van der Waals surface area contributed by atoms with Gasteiger partial charge in [0.1, 0.15) is 0 Å². The Bertz CT molecular complexity index is 694. The van der Waals surface area contributed by atoms with Gasteiger partial charge in [-0.3, -0.25) is 4.79 Å². The van der Waals surface area contributed by atoms with Crippen molar-refractivity contribution in [3.63, 3.8) is 0 Å². The number of amides is 1. The molecule has 1 aromatic rings. The standard InChI is InChI=1S/C18H29N3O4S/c1-14-12-21(13-15(2)25-14)26(23,24)17-8-6-16(7-9-17)18(22)19-10-5-11-20(3)4/h6-9,14-15H,5,10-13H2,1-4H3,(H,19,22)/p+1/t14-,15-/m0/s1. The number of sulfonamides is 1. The third kappa shape index (κ3) is 5.51. The second-order valence-electron chi connectivity index (χ2n) is 7.17. The average molecular weight is 385 g/mol. The molecule has 1 heterocycles. The maximum atomic E-state index is 12.8. The Morgan fingerprint density at radius 1 is 1.19 bits per heavy atom. The molecule has 26 heavy (non-hydrogen) atoms. The Morgan fingerprint density at radius 3 is 2.31 bits per heavy atom. The molecule has 146 valence electrons. The van der Waals surface area contributed by atoms with Crippen LogP contribution in [0.25, 0.3) is 0 Å². The lowest BCUT2D eigenvalue weighted by Gasteiger charge is -2.34. The van der Waals surface area contributed by atoms with E-state index in [0.717, 1.165) is 13.0 Å². The van der Waals surface area contributed by atoms with Gasteiger partial charge in [-0.15, -0.1) is 0 Å². The summed E-state index contributed by atoms with van der Waals surface area (Å²) >= 11 is 0. The highest BCUT2D eigenvalue weighted by Crippen LogP contribution is 2.21. The van der Waals surface area contributed by atoms with E-state index in [1.807, 2.05) is 13.8 Å². The van der Waals surface area contributed by atoms with Crippen molar-refractivity contribution in [3.8, 4) is 0 Å². The number of hydrogen-bond donors (Lipinski definition) is 2. The molecule has 1 aromatic carbocycles. The summed E-state index contributed by atoms with van der Waals surface area (Å²) in [7, 11) is 0.551. The molecular formula is C18H30N3O4S+. The third-order valence-corrected chi connectivity index (χ3v) is 6.13. The predicted molar refractivity (Wildman–Crippen MR) is 99.8 cm³/mol. The van der Waals surface area contributed by atoms with Gasteiger partial charge in [-0.05, 0) is 38.1 Å². The summed E-state index contributed by atoms with van der Waals surface area (Å²) in [4.78, 5) is 13.7. The van der Waals surface area contributed by atoms with E-state index in [9.17, 15) is 13.2 Å². The number of hydrogen-bond acceptors (Lipinski definition) is 4. The van der Waals surface area contributed by atoms with E-state index in [-0.39, 0.29) is 23.0 Å². The molecule has 1 saturated heterocycles. The van der Waals surface area contributed by atoms with Crippen molar-refractivity contribution in [2.24, 2.45) is 0 Å². The molecule has 0 saturated carbocycles. The van der Waals surface area contributed by atoms with E-state index in [1.54, 1.807) is 12.1 Å².